The van der Waals surface area contributed by atoms with Gasteiger partial charge < -0.3 is 14.9 Å². The number of phenols is 1. The molecule has 244 valence electrons. The van der Waals surface area contributed by atoms with Gasteiger partial charge in [0.25, 0.3) is 0 Å². The number of allylic oxidation sites excluding steroid dienone is 7. The summed E-state index contributed by atoms with van der Waals surface area (Å²) < 4.78 is 5.25. The first-order valence-electron chi connectivity index (χ1n) is 15.9. The monoisotopic (exact) mass is 616 g/mol. The molecule has 6 heteroatoms. The summed E-state index contributed by atoms with van der Waals surface area (Å²) in [5, 5.41) is 22.0. The summed E-state index contributed by atoms with van der Waals surface area (Å²) in [4.78, 5) is 45.2. The number of aromatic hydroxyl groups is 1. The fraction of sp³-hybridized carbons (Fsp3) is 0.513. The topological polar surface area (TPSA) is 101 Å². The Morgan fingerprint density at radius 2 is 1.64 bits per heavy atom. The van der Waals surface area contributed by atoms with Crippen molar-refractivity contribution in [2.75, 3.05) is 7.11 Å². The predicted octanol–water partition coefficient (Wildman–Crippen LogP) is 9.06. The van der Waals surface area contributed by atoms with Crippen LogP contribution in [0, 0.1) is 28.1 Å². The van der Waals surface area contributed by atoms with E-state index in [4.69, 9.17) is 4.74 Å². The number of methoxy groups -OCH3 is 1. The van der Waals surface area contributed by atoms with Gasteiger partial charge in [-0.15, -0.1) is 6.58 Å². The minimum absolute atomic E-state index is 0.0878. The van der Waals surface area contributed by atoms with Crippen LogP contribution < -0.4 is 4.74 Å². The van der Waals surface area contributed by atoms with Crippen molar-refractivity contribution < 1.29 is 29.3 Å². The first-order chi connectivity index (χ1) is 20.9. The van der Waals surface area contributed by atoms with Gasteiger partial charge >= 0.3 is 0 Å². The van der Waals surface area contributed by atoms with Crippen LogP contribution in [0.4, 0.5) is 0 Å². The minimum atomic E-state index is -1.59. The lowest BCUT2D eigenvalue weighted by Crippen LogP contribution is -2.69. The van der Waals surface area contributed by atoms with Crippen molar-refractivity contribution >= 4 is 23.1 Å². The molecule has 2 saturated carbocycles. The van der Waals surface area contributed by atoms with Crippen LogP contribution in [0.5, 0.6) is 11.5 Å². The lowest BCUT2D eigenvalue weighted by Gasteiger charge is -2.60. The Labute approximate surface area is 269 Å². The van der Waals surface area contributed by atoms with E-state index in [1.54, 1.807) is 0 Å². The van der Waals surface area contributed by atoms with Crippen molar-refractivity contribution in [2.45, 2.75) is 93.9 Å². The highest BCUT2D eigenvalue weighted by Crippen LogP contribution is 2.66. The number of carbonyl (C=O) groups excluding carboxylic acids is 3. The molecular formula is C39H52O6. The molecule has 4 atom stereocenters. The van der Waals surface area contributed by atoms with Crippen molar-refractivity contribution in [1.82, 2.24) is 0 Å². The van der Waals surface area contributed by atoms with Crippen LogP contribution in [0.1, 0.15) is 99.5 Å². The smallest absolute Gasteiger partial charge is 0.184 e. The zero-order valence-corrected chi connectivity index (χ0v) is 28.7. The maximum atomic E-state index is 15.2. The number of ether oxygens (including phenoxy) is 1. The summed E-state index contributed by atoms with van der Waals surface area (Å²) in [5.41, 5.74) is -0.236. The molecule has 2 bridgehead atoms. The second-order valence-corrected chi connectivity index (χ2v) is 14.5. The zero-order chi connectivity index (χ0) is 34.1. The number of aliphatic hydroxyl groups excluding tert-OH is 1. The lowest BCUT2D eigenvalue weighted by atomic mass is 9.38. The third kappa shape index (κ3) is 6.39. The van der Waals surface area contributed by atoms with Crippen LogP contribution in [0.2, 0.25) is 0 Å². The van der Waals surface area contributed by atoms with Gasteiger partial charge in [0.1, 0.15) is 16.7 Å². The van der Waals surface area contributed by atoms with E-state index in [9.17, 15) is 19.8 Å². The molecule has 1 aromatic carbocycles. The number of carbonyl (C=O) groups is 3. The Morgan fingerprint density at radius 1 is 1.02 bits per heavy atom. The largest absolute Gasteiger partial charge is 0.506 e. The second-order valence-electron chi connectivity index (χ2n) is 14.5. The molecule has 2 fully saturated rings. The SMILES string of the molecule is C=C(C)CC[C@H](C[C@]12C[C@@H](CC=C(C)C)C(C)(C)[C@](CC=C(C)C)(C(=O)/C(=C(\O)c3ccc(O)c(OC)c3)C1=O)C2=O)C(=C)C. The maximum Gasteiger partial charge on any atom is 0.184 e. The molecule has 0 amide bonds. The van der Waals surface area contributed by atoms with Gasteiger partial charge in [-0.1, -0.05) is 54.9 Å². The number of benzene rings is 1. The van der Waals surface area contributed by atoms with Gasteiger partial charge in [-0.2, -0.15) is 0 Å². The minimum Gasteiger partial charge on any atom is -0.506 e. The van der Waals surface area contributed by atoms with E-state index < -0.39 is 33.6 Å². The molecule has 0 saturated heterocycles. The molecule has 6 nitrogen and oxygen atoms in total. The first-order valence-corrected chi connectivity index (χ1v) is 15.9. The summed E-state index contributed by atoms with van der Waals surface area (Å²) in [6.45, 7) is 24.0. The van der Waals surface area contributed by atoms with Crippen LogP contribution in [0.25, 0.3) is 5.76 Å². The highest BCUT2D eigenvalue weighted by Gasteiger charge is 2.74. The van der Waals surface area contributed by atoms with Gasteiger partial charge in [-0.05, 0) is 116 Å². The third-order valence-electron chi connectivity index (χ3n) is 10.3. The molecule has 3 rings (SSSR count). The molecule has 0 radical (unpaired) electrons. The normalized spacial score (nSPS) is 25.7. The number of hydrogen-bond donors (Lipinski definition) is 2. The van der Waals surface area contributed by atoms with Gasteiger partial charge in [0, 0.05) is 5.56 Å². The highest BCUT2D eigenvalue weighted by molar-refractivity contribution is 6.41. The summed E-state index contributed by atoms with van der Waals surface area (Å²) in [6, 6.07) is 4.18. The third-order valence-corrected chi connectivity index (χ3v) is 10.3. The van der Waals surface area contributed by atoms with Crippen molar-refractivity contribution in [1.29, 1.82) is 0 Å². The Balaban J connectivity index is 2.46. The summed E-state index contributed by atoms with van der Waals surface area (Å²) in [7, 11) is 1.38. The van der Waals surface area contributed by atoms with E-state index in [2.05, 4.69) is 19.2 Å². The molecule has 0 spiro atoms. The molecule has 2 aliphatic rings. The number of rotatable bonds is 12. The van der Waals surface area contributed by atoms with E-state index >= 15 is 4.79 Å². The van der Waals surface area contributed by atoms with Crippen LogP contribution in [-0.2, 0) is 14.4 Å². The Hall–Kier alpha value is -3.67. The molecule has 45 heavy (non-hydrogen) atoms. The first kappa shape index (κ1) is 35.8. The van der Waals surface area contributed by atoms with E-state index in [-0.39, 0.29) is 59.5 Å². The quantitative estimate of drug-likeness (QED) is 0.0799. The van der Waals surface area contributed by atoms with Crippen molar-refractivity contribution in [3.63, 3.8) is 0 Å². The molecule has 0 unspecified atom stereocenters. The fourth-order valence-electron chi connectivity index (χ4n) is 7.34. The number of aliphatic hydroxyl groups is 1. The molecule has 0 aliphatic heterocycles. The van der Waals surface area contributed by atoms with Crippen molar-refractivity contribution in [3.8, 4) is 11.5 Å². The maximum absolute atomic E-state index is 15.2. The van der Waals surface area contributed by atoms with Crippen LogP contribution in [-0.4, -0.2) is 34.7 Å². The van der Waals surface area contributed by atoms with Crippen LogP contribution in [0.15, 0.2) is 71.4 Å². The summed E-state index contributed by atoms with van der Waals surface area (Å²) >= 11 is 0. The van der Waals surface area contributed by atoms with E-state index in [1.807, 2.05) is 61.5 Å². The van der Waals surface area contributed by atoms with Gasteiger partial charge in [0.15, 0.2) is 28.8 Å². The molecule has 2 aliphatic carbocycles. The fourth-order valence-corrected chi connectivity index (χ4v) is 7.34. The molecule has 0 aromatic heterocycles. The second kappa shape index (κ2) is 13.4. The molecule has 1 aromatic rings. The van der Waals surface area contributed by atoms with Gasteiger partial charge in [-0.3, -0.25) is 14.4 Å². The van der Waals surface area contributed by atoms with E-state index in [1.165, 1.54) is 25.3 Å². The van der Waals surface area contributed by atoms with E-state index in [0.29, 0.717) is 19.3 Å². The lowest BCUT2D eigenvalue weighted by molar-refractivity contribution is -0.177. The summed E-state index contributed by atoms with van der Waals surface area (Å²) in [5.74, 6) is -2.51. The average Bonchev–Trinajstić information content (AvgIpc) is 2.94. The van der Waals surface area contributed by atoms with Gasteiger partial charge in [-0.25, -0.2) is 0 Å². The zero-order valence-electron chi connectivity index (χ0n) is 28.7. The van der Waals surface area contributed by atoms with Gasteiger partial charge in [0.05, 0.1) is 12.5 Å². The highest BCUT2D eigenvalue weighted by atomic mass is 16.5. The standard InChI is InChI=1S/C39H52O6/c1-23(2)12-14-28(26(7)8)21-38-22-29(16-13-24(3)4)37(9,10)39(36(38)44,19-18-25(5)6)35(43)32(34(38)42)33(41)27-15-17-30(40)31(20-27)45-11/h13,15,17-18,20,28-29,40-41H,1,7,12,14,16,19,21-22H2,2-6,8-11H3/b33-32-/t28-,29-,38+,39-/m1/s1. The summed E-state index contributed by atoms with van der Waals surface area (Å²) in [6.07, 6.45) is 6.63. The number of phenolic OH excluding ortho intramolecular Hbond substituents is 1. The molecule has 0 heterocycles. The van der Waals surface area contributed by atoms with Crippen LogP contribution in [0.3, 0.4) is 0 Å². The number of fused-ring (bicyclic) bond motifs is 2. The Morgan fingerprint density at radius 3 is 2.18 bits per heavy atom. The number of hydrogen-bond acceptors (Lipinski definition) is 6. The average molecular weight is 617 g/mol. The number of Topliss-reactive ketones (excluding diaryl/α,β-unsaturated/α-hetero) is 3. The number of ketones is 3. The van der Waals surface area contributed by atoms with Crippen LogP contribution >= 0.6 is 0 Å². The van der Waals surface area contributed by atoms with Crippen molar-refractivity contribution in [3.05, 3.63) is 76.9 Å². The predicted molar refractivity (Wildman–Crippen MR) is 181 cm³/mol. The molecule has 2 N–H and O–H groups in total. The van der Waals surface area contributed by atoms with Crippen molar-refractivity contribution in [2.24, 2.45) is 28.1 Å². The Bertz CT molecular complexity index is 1490. The van der Waals surface area contributed by atoms with E-state index in [0.717, 1.165) is 22.3 Å². The molecular weight excluding hydrogens is 564 g/mol. The Kier molecular flexibility index (Phi) is 10.6. The van der Waals surface area contributed by atoms with Gasteiger partial charge in [0.2, 0.25) is 0 Å².